The van der Waals surface area contributed by atoms with Crippen molar-refractivity contribution in [1.29, 1.82) is 0 Å². The highest BCUT2D eigenvalue weighted by Gasteiger charge is 2.13. The fourth-order valence-electron chi connectivity index (χ4n) is 3.15. The molecule has 1 heterocycles. The molecule has 154 valence electrons. The van der Waals surface area contributed by atoms with Gasteiger partial charge in [-0.2, -0.15) is 0 Å². The van der Waals surface area contributed by atoms with Crippen LogP contribution in [0, 0.1) is 0 Å². The first kappa shape index (κ1) is 20.0. The van der Waals surface area contributed by atoms with Gasteiger partial charge in [0.2, 0.25) is 0 Å². The summed E-state index contributed by atoms with van der Waals surface area (Å²) in [7, 11) is 0. The number of nitrogens with one attached hydrogen (secondary N) is 3. The Kier molecular flexibility index (Phi) is 5.84. The van der Waals surface area contributed by atoms with Crippen molar-refractivity contribution in [3.63, 3.8) is 0 Å². The predicted octanol–water partition coefficient (Wildman–Crippen LogP) is 4.71. The van der Waals surface area contributed by atoms with Crippen LogP contribution in [0.15, 0.2) is 83.7 Å². The molecule has 0 aliphatic carbocycles. The van der Waals surface area contributed by atoms with Gasteiger partial charge in [-0.1, -0.05) is 61.5 Å². The zero-order valence-electron chi connectivity index (χ0n) is 16.9. The molecule has 1 aromatic heterocycles. The number of amides is 2. The summed E-state index contributed by atoms with van der Waals surface area (Å²) in [6, 6.07) is 23.5. The molecule has 0 fully saturated rings. The Morgan fingerprint density at radius 1 is 0.871 bits per heavy atom. The summed E-state index contributed by atoms with van der Waals surface area (Å²) >= 11 is 0. The van der Waals surface area contributed by atoms with Gasteiger partial charge in [-0.15, -0.1) is 10.2 Å². The first-order valence-electron chi connectivity index (χ1n) is 9.93. The predicted molar refractivity (Wildman–Crippen MR) is 122 cm³/mol. The number of urea groups is 1. The average molecular weight is 411 g/mol. The number of carbonyl (C=O) groups excluding carboxylic acids is 1. The maximum Gasteiger partial charge on any atom is 0.323 e. The molecule has 0 bridgehead atoms. The highest BCUT2D eigenvalue weighted by atomic mass is 16.2. The molecule has 31 heavy (non-hydrogen) atoms. The molecule has 3 aromatic carbocycles. The van der Waals surface area contributed by atoms with Crippen LogP contribution in [0.4, 0.5) is 16.2 Å². The summed E-state index contributed by atoms with van der Waals surface area (Å²) in [5.74, 6) is 0.273. The molecule has 2 amide bonds. The second kappa shape index (κ2) is 9.04. The lowest BCUT2D eigenvalue weighted by molar-refractivity contribution is 0.262. The van der Waals surface area contributed by atoms with E-state index in [0.717, 1.165) is 6.42 Å². The molecular formula is C24H21N5O2. The molecule has 0 atom stereocenters. The molecule has 0 unspecified atom stereocenters. The summed E-state index contributed by atoms with van der Waals surface area (Å²) in [4.78, 5) is 27.9. The first-order valence-corrected chi connectivity index (χ1v) is 9.93. The monoisotopic (exact) mass is 411 g/mol. The van der Waals surface area contributed by atoms with E-state index in [0.29, 0.717) is 22.5 Å². The van der Waals surface area contributed by atoms with E-state index in [1.165, 1.54) is 5.56 Å². The van der Waals surface area contributed by atoms with Crippen molar-refractivity contribution in [2.24, 2.45) is 0 Å². The van der Waals surface area contributed by atoms with E-state index in [1.807, 2.05) is 42.5 Å². The number of hydrogen-bond acceptors (Lipinski definition) is 4. The zero-order chi connectivity index (χ0) is 21.6. The topological polar surface area (TPSA) is 99.8 Å². The van der Waals surface area contributed by atoms with Crippen LogP contribution in [0.1, 0.15) is 12.5 Å². The van der Waals surface area contributed by atoms with E-state index in [4.69, 9.17) is 0 Å². The van der Waals surface area contributed by atoms with Crippen molar-refractivity contribution in [2.75, 3.05) is 10.6 Å². The van der Waals surface area contributed by atoms with Gasteiger partial charge in [-0.3, -0.25) is 4.79 Å². The molecule has 4 aromatic rings. The maximum absolute atomic E-state index is 12.7. The number of aromatic nitrogens is 3. The molecule has 0 saturated carbocycles. The third-order valence-electron chi connectivity index (χ3n) is 4.79. The van der Waals surface area contributed by atoms with E-state index in [1.54, 1.807) is 36.4 Å². The summed E-state index contributed by atoms with van der Waals surface area (Å²) in [6.45, 7) is 2.07. The Bertz CT molecular complexity index is 1250. The van der Waals surface area contributed by atoms with Gasteiger partial charge in [0.05, 0.1) is 5.69 Å². The molecule has 3 N–H and O–H groups in total. The molecule has 0 saturated heterocycles. The average Bonchev–Trinajstić information content (AvgIpc) is 2.80. The van der Waals surface area contributed by atoms with Crippen LogP contribution < -0.4 is 16.2 Å². The van der Waals surface area contributed by atoms with E-state index < -0.39 is 6.03 Å². The normalized spacial score (nSPS) is 10.5. The number of benzene rings is 3. The van der Waals surface area contributed by atoms with Gasteiger partial charge < -0.3 is 15.6 Å². The van der Waals surface area contributed by atoms with Crippen LogP contribution in [-0.2, 0) is 6.42 Å². The third kappa shape index (κ3) is 4.67. The molecule has 7 nitrogen and oxygen atoms in total. The number of para-hydroxylation sites is 2. The number of aromatic amines is 1. The Morgan fingerprint density at radius 3 is 2.29 bits per heavy atom. The van der Waals surface area contributed by atoms with Gasteiger partial charge in [0.25, 0.3) is 5.56 Å². The van der Waals surface area contributed by atoms with Crippen LogP contribution in [-0.4, -0.2) is 21.2 Å². The van der Waals surface area contributed by atoms with Crippen LogP contribution in [0.2, 0.25) is 0 Å². The highest BCUT2D eigenvalue weighted by molar-refractivity contribution is 6.01. The molecular weight excluding hydrogens is 390 g/mol. The highest BCUT2D eigenvalue weighted by Crippen LogP contribution is 2.24. The first-order chi connectivity index (χ1) is 15.1. The number of carbonyl (C=O) groups is 1. The molecule has 0 aliphatic heterocycles. The van der Waals surface area contributed by atoms with E-state index in [-0.39, 0.29) is 17.1 Å². The lowest BCUT2D eigenvalue weighted by Crippen LogP contribution is -2.20. The zero-order valence-corrected chi connectivity index (χ0v) is 16.9. The number of H-pyrrole nitrogens is 1. The summed E-state index contributed by atoms with van der Waals surface area (Å²) in [6.07, 6.45) is 0.920. The Labute approximate surface area is 179 Å². The number of hydrogen-bond donors (Lipinski definition) is 3. The minimum absolute atomic E-state index is 0.249. The second-order valence-corrected chi connectivity index (χ2v) is 6.89. The van der Waals surface area contributed by atoms with Crippen molar-refractivity contribution >= 4 is 17.4 Å². The van der Waals surface area contributed by atoms with Crippen LogP contribution >= 0.6 is 0 Å². The van der Waals surface area contributed by atoms with E-state index >= 15 is 0 Å². The standard InChI is InChI=1S/C24H21N5O2/c1-2-16-12-14-17(15-13-16)21-23(30)27-22(29-28-21)19-10-6-7-11-20(19)26-24(31)25-18-8-4-3-5-9-18/h3-15H,2H2,1H3,(H2,25,26,31)(H,27,29,30). The smallest absolute Gasteiger partial charge is 0.308 e. The van der Waals surface area contributed by atoms with Crippen LogP contribution in [0.5, 0.6) is 0 Å². The third-order valence-corrected chi connectivity index (χ3v) is 4.79. The lowest BCUT2D eigenvalue weighted by Gasteiger charge is -2.11. The van der Waals surface area contributed by atoms with Gasteiger partial charge in [0.15, 0.2) is 11.5 Å². The maximum atomic E-state index is 12.7. The fourth-order valence-corrected chi connectivity index (χ4v) is 3.15. The summed E-state index contributed by atoms with van der Waals surface area (Å²) in [5.41, 5.74) is 3.51. The number of aryl methyl sites for hydroxylation is 1. The molecule has 7 heteroatoms. The summed E-state index contributed by atoms with van der Waals surface area (Å²) < 4.78 is 0. The van der Waals surface area contributed by atoms with Crippen molar-refractivity contribution in [3.8, 4) is 22.6 Å². The minimum atomic E-state index is -0.401. The SMILES string of the molecule is CCc1ccc(-c2nnc(-c3ccccc3NC(=O)Nc3ccccc3)[nH]c2=O)cc1. The van der Waals surface area contributed by atoms with Gasteiger partial charge >= 0.3 is 6.03 Å². The number of anilines is 2. The van der Waals surface area contributed by atoms with E-state index in [9.17, 15) is 9.59 Å². The van der Waals surface area contributed by atoms with Crippen molar-refractivity contribution in [1.82, 2.24) is 15.2 Å². The van der Waals surface area contributed by atoms with Crippen molar-refractivity contribution < 1.29 is 4.79 Å². The Hall–Kier alpha value is -4.26. The number of nitrogens with zero attached hydrogens (tertiary/aromatic N) is 2. The minimum Gasteiger partial charge on any atom is -0.308 e. The second-order valence-electron chi connectivity index (χ2n) is 6.89. The molecule has 0 radical (unpaired) electrons. The van der Waals surface area contributed by atoms with Crippen molar-refractivity contribution in [2.45, 2.75) is 13.3 Å². The Morgan fingerprint density at radius 2 is 1.58 bits per heavy atom. The van der Waals surface area contributed by atoms with Crippen molar-refractivity contribution in [3.05, 3.63) is 94.8 Å². The van der Waals surface area contributed by atoms with E-state index in [2.05, 4.69) is 32.7 Å². The van der Waals surface area contributed by atoms with Gasteiger partial charge in [0, 0.05) is 16.8 Å². The van der Waals surface area contributed by atoms with Crippen LogP contribution in [0.3, 0.4) is 0 Å². The fraction of sp³-hybridized carbons (Fsp3) is 0.0833. The quantitative estimate of drug-likeness (QED) is 0.443. The summed E-state index contributed by atoms with van der Waals surface area (Å²) in [5, 5.41) is 13.9. The van der Waals surface area contributed by atoms with Crippen LogP contribution in [0.25, 0.3) is 22.6 Å². The largest absolute Gasteiger partial charge is 0.323 e. The number of rotatable bonds is 5. The Balaban J connectivity index is 1.59. The van der Waals surface area contributed by atoms with Gasteiger partial charge in [-0.25, -0.2) is 4.79 Å². The molecule has 0 spiro atoms. The van der Waals surface area contributed by atoms with Gasteiger partial charge in [0.1, 0.15) is 0 Å². The lowest BCUT2D eigenvalue weighted by atomic mass is 10.1. The molecule has 4 rings (SSSR count). The van der Waals surface area contributed by atoms with Gasteiger partial charge in [-0.05, 0) is 36.2 Å². The molecule has 0 aliphatic rings.